The van der Waals surface area contributed by atoms with E-state index in [1.165, 1.54) is 6.07 Å². The molecule has 4 nitrogen and oxygen atoms in total. The van der Waals surface area contributed by atoms with E-state index >= 15 is 0 Å². The molecule has 2 saturated heterocycles. The minimum Gasteiger partial charge on any atom is -0.480 e. The Kier molecular flexibility index (Phi) is 4.19. The third-order valence-electron chi connectivity index (χ3n) is 5.24. The number of carboxylic acids is 1. The van der Waals surface area contributed by atoms with E-state index in [0.29, 0.717) is 0 Å². The predicted octanol–water partition coefficient (Wildman–Crippen LogP) is 2.20. The van der Waals surface area contributed by atoms with Crippen LogP contribution in [-0.4, -0.2) is 53.6 Å². The van der Waals surface area contributed by atoms with E-state index in [9.17, 15) is 14.3 Å². The third kappa shape index (κ3) is 3.15. The molecule has 1 spiro atoms. The van der Waals surface area contributed by atoms with E-state index in [-0.39, 0.29) is 17.3 Å². The van der Waals surface area contributed by atoms with Gasteiger partial charge in [0.2, 0.25) is 0 Å². The monoisotopic (exact) mass is 306 g/mol. The maximum Gasteiger partial charge on any atom is 0.320 e. The van der Waals surface area contributed by atoms with Crippen LogP contribution in [0.3, 0.4) is 0 Å². The lowest BCUT2D eigenvalue weighted by Gasteiger charge is -2.39. The molecule has 3 rings (SSSR count). The molecule has 1 unspecified atom stereocenters. The number of hydrogen-bond donors (Lipinski definition) is 1. The number of halogens is 1. The van der Waals surface area contributed by atoms with Crippen molar-refractivity contribution in [2.45, 2.75) is 31.8 Å². The molecule has 2 heterocycles. The summed E-state index contributed by atoms with van der Waals surface area (Å²) in [6, 6.07) is 6.43. The molecule has 1 aromatic carbocycles. The van der Waals surface area contributed by atoms with Crippen molar-refractivity contribution in [1.29, 1.82) is 0 Å². The molecule has 22 heavy (non-hydrogen) atoms. The summed E-state index contributed by atoms with van der Waals surface area (Å²) in [5.74, 6) is -0.894. The first-order valence-corrected chi connectivity index (χ1v) is 7.87. The van der Waals surface area contributed by atoms with Crippen molar-refractivity contribution < 1.29 is 14.3 Å². The molecule has 1 atom stereocenters. The Balaban J connectivity index is 1.58. The molecule has 120 valence electrons. The van der Waals surface area contributed by atoms with Gasteiger partial charge in [0.05, 0.1) is 0 Å². The fourth-order valence-electron chi connectivity index (χ4n) is 3.99. The van der Waals surface area contributed by atoms with Crippen LogP contribution in [0.4, 0.5) is 4.39 Å². The topological polar surface area (TPSA) is 43.8 Å². The van der Waals surface area contributed by atoms with Gasteiger partial charge in [0, 0.05) is 13.1 Å². The van der Waals surface area contributed by atoms with Gasteiger partial charge in [-0.25, -0.2) is 4.39 Å². The number of carbonyl (C=O) groups is 1. The summed E-state index contributed by atoms with van der Waals surface area (Å²) in [6.45, 7) is 3.55. The van der Waals surface area contributed by atoms with Gasteiger partial charge in [-0.05, 0) is 62.5 Å². The first-order valence-electron chi connectivity index (χ1n) is 7.87. The van der Waals surface area contributed by atoms with Crippen molar-refractivity contribution in [3.63, 3.8) is 0 Å². The molecule has 5 heteroatoms. The molecule has 1 aromatic rings. The molecule has 2 fully saturated rings. The van der Waals surface area contributed by atoms with Gasteiger partial charge in [0.1, 0.15) is 11.9 Å². The Morgan fingerprint density at radius 3 is 2.73 bits per heavy atom. The summed E-state index contributed by atoms with van der Waals surface area (Å²) in [7, 11) is 1.91. The standard InChI is InChI=1S/C17H23FN2O2/c1-19-12-17(10-15(19)16(21)22)5-7-20(8-6-17)11-13-3-2-4-14(18)9-13/h2-4,9,15H,5-8,10-12H2,1H3,(H,21,22). The average molecular weight is 306 g/mol. The van der Waals surface area contributed by atoms with Crippen molar-refractivity contribution in [3.05, 3.63) is 35.6 Å². The zero-order valence-electron chi connectivity index (χ0n) is 13.0. The number of rotatable bonds is 3. The van der Waals surface area contributed by atoms with Gasteiger partial charge in [0.15, 0.2) is 0 Å². The van der Waals surface area contributed by atoms with Gasteiger partial charge >= 0.3 is 5.97 Å². The normalized spacial score (nSPS) is 25.6. The fourth-order valence-corrected chi connectivity index (χ4v) is 3.99. The highest BCUT2D eigenvalue weighted by Crippen LogP contribution is 2.43. The zero-order valence-corrected chi connectivity index (χ0v) is 13.0. The third-order valence-corrected chi connectivity index (χ3v) is 5.24. The zero-order chi connectivity index (χ0) is 15.7. The number of hydrogen-bond acceptors (Lipinski definition) is 3. The summed E-state index contributed by atoms with van der Waals surface area (Å²) >= 11 is 0. The molecule has 1 N–H and O–H groups in total. The highest BCUT2D eigenvalue weighted by molar-refractivity contribution is 5.74. The Bertz CT molecular complexity index is 555. The summed E-state index contributed by atoms with van der Waals surface area (Å²) in [6.07, 6.45) is 2.81. The van der Waals surface area contributed by atoms with Crippen LogP contribution in [0, 0.1) is 11.2 Å². The van der Waals surface area contributed by atoms with Crippen LogP contribution in [0.5, 0.6) is 0 Å². The average Bonchev–Trinajstić information content (AvgIpc) is 2.79. The van der Waals surface area contributed by atoms with Gasteiger partial charge in [-0.15, -0.1) is 0 Å². The molecule has 0 amide bonds. The molecule has 2 aliphatic heterocycles. The number of nitrogens with zero attached hydrogens (tertiary/aromatic N) is 2. The van der Waals surface area contributed by atoms with E-state index < -0.39 is 5.97 Å². The number of likely N-dealkylation sites (tertiary alicyclic amines) is 2. The molecular formula is C17H23FN2O2. The SMILES string of the molecule is CN1CC2(CCN(Cc3cccc(F)c3)CC2)CC1C(=O)O. The summed E-state index contributed by atoms with van der Waals surface area (Å²) in [5, 5.41) is 9.28. The second-order valence-corrected chi connectivity index (χ2v) is 6.88. The summed E-state index contributed by atoms with van der Waals surface area (Å²) in [5.41, 5.74) is 1.15. The molecule has 0 radical (unpaired) electrons. The van der Waals surface area contributed by atoms with Crippen LogP contribution in [-0.2, 0) is 11.3 Å². The Labute approximate surface area is 130 Å². The van der Waals surface area contributed by atoms with E-state index in [0.717, 1.165) is 51.0 Å². The summed E-state index contributed by atoms with van der Waals surface area (Å²) < 4.78 is 13.2. The maximum atomic E-state index is 13.2. The molecule has 0 bridgehead atoms. The van der Waals surface area contributed by atoms with Gasteiger partial charge in [-0.2, -0.15) is 0 Å². The molecule has 0 saturated carbocycles. The van der Waals surface area contributed by atoms with Crippen molar-refractivity contribution in [3.8, 4) is 0 Å². The summed E-state index contributed by atoms with van der Waals surface area (Å²) in [4.78, 5) is 15.6. The quantitative estimate of drug-likeness (QED) is 0.930. The number of benzene rings is 1. The second-order valence-electron chi connectivity index (χ2n) is 6.88. The van der Waals surface area contributed by atoms with Crippen LogP contribution >= 0.6 is 0 Å². The smallest absolute Gasteiger partial charge is 0.320 e. The minimum atomic E-state index is -0.707. The van der Waals surface area contributed by atoms with Crippen LogP contribution in [0.2, 0.25) is 0 Å². The largest absolute Gasteiger partial charge is 0.480 e. The molecule has 0 aromatic heterocycles. The first-order chi connectivity index (χ1) is 10.5. The van der Waals surface area contributed by atoms with Crippen molar-refractivity contribution in [1.82, 2.24) is 9.80 Å². The van der Waals surface area contributed by atoms with Crippen molar-refractivity contribution >= 4 is 5.97 Å². The first kappa shape index (κ1) is 15.4. The minimum absolute atomic E-state index is 0.149. The van der Waals surface area contributed by atoms with Gasteiger partial charge in [0.25, 0.3) is 0 Å². The highest BCUT2D eigenvalue weighted by Gasteiger charge is 2.46. The van der Waals surface area contributed by atoms with E-state index in [4.69, 9.17) is 0 Å². The Hall–Kier alpha value is -1.46. The maximum absolute atomic E-state index is 13.2. The van der Waals surface area contributed by atoms with Gasteiger partial charge in [-0.1, -0.05) is 12.1 Å². The Morgan fingerprint density at radius 1 is 1.41 bits per heavy atom. The number of aliphatic carboxylic acids is 1. The highest BCUT2D eigenvalue weighted by atomic mass is 19.1. The molecule has 0 aliphatic carbocycles. The van der Waals surface area contributed by atoms with Crippen molar-refractivity contribution in [2.75, 3.05) is 26.7 Å². The van der Waals surface area contributed by atoms with Crippen LogP contribution in [0.15, 0.2) is 24.3 Å². The number of likely N-dealkylation sites (N-methyl/N-ethyl adjacent to an activating group) is 1. The lowest BCUT2D eigenvalue weighted by Crippen LogP contribution is -2.40. The van der Waals surface area contributed by atoms with E-state index in [1.54, 1.807) is 12.1 Å². The van der Waals surface area contributed by atoms with Crippen molar-refractivity contribution in [2.24, 2.45) is 5.41 Å². The lowest BCUT2D eigenvalue weighted by atomic mass is 9.76. The number of piperidine rings is 1. The molecule has 2 aliphatic rings. The van der Waals surface area contributed by atoms with Crippen LogP contribution in [0.1, 0.15) is 24.8 Å². The molecular weight excluding hydrogens is 283 g/mol. The number of carboxylic acid groups (broad SMARTS) is 1. The van der Waals surface area contributed by atoms with Gasteiger partial charge < -0.3 is 5.11 Å². The second kappa shape index (κ2) is 5.97. The van der Waals surface area contributed by atoms with Crippen LogP contribution in [0.25, 0.3) is 0 Å². The predicted molar refractivity (Wildman–Crippen MR) is 82.0 cm³/mol. The fraction of sp³-hybridized carbons (Fsp3) is 0.588. The van der Waals surface area contributed by atoms with Crippen LogP contribution < -0.4 is 0 Å². The van der Waals surface area contributed by atoms with E-state index in [1.807, 2.05) is 18.0 Å². The lowest BCUT2D eigenvalue weighted by molar-refractivity contribution is -0.141. The van der Waals surface area contributed by atoms with Gasteiger partial charge in [-0.3, -0.25) is 14.6 Å². The Morgan fingerprint density at radius 2 is 2.14 bits per heavy atom. The van der Waals surface area contributed by atoms with E-state index in [2.05, 4.69) is 4.90 Å².